The maximum absolute atomic E-state index is 12.4. The van der Waals surface area contributed by atoms with Crippen molar-refractivity contribution in [2.45, 2.75) is 39.2 Å². The highest BCUT2D eigenvalue weighted by Crippen LogP contribution is 2.34. The van der Waals surface area contributed by atoms with Crippen molar-refractivity contribution in [3.8, 4) is 0 Å². The van der Waals surface area contributed by atoms with Crippen LogP contribution < -0.4 is 0 Å². The Hall–Kier alpha value is -1.10. The van der Waals surface area contributed by atoms with Gasteiger partial charge in [-0.25, -0.2) is 9.80 Å². The molecule has 0 spiro atoms. The molecule has 0 aliphatic carbocycles. The molecule has 5 nitrogen and oxygen atoms in total. The van der Waals surface area contributed by atoms with Crippen LogP contribution >= 0.6 is 0 Å². The van der Waals surface area contributed by atoms with Crippen molar-refractivity contribution >= 4 is 11.9 Å². The van der Waals surface area contributed by atoms with Crippen LogP contribution in [-0.2, 0) is 4.79 Å². The number of hydrogen-bond donors (Lipinski definition) is 0. The smallest absolute Gasteiger partial charge is 0.320 e. The van der Waals surface area contributed by atoms with Gasteiger partial charge in [0.1, 0.15) is 0 Å². The summed E-state index contributed by atoms with van der Waals surface area (Å²) in [5, 5.41) is 2.78. The minimum absolute atomic E-state index is 0.0926. The normalized spacial score (nSPS) is 24.8. The third kappa shape index (κ3) is 2.16. The maximum atomic E-state index is 12.4. The molecule has 0 bridgehead atoms. The Morgan fingerprint density at radius 1 is 1.29 bits per heavy atom. The third-order valence-corrected chi connectivity index (χ3v) is 3.67. The van der Waals surface area contributed by atoms with Gasteiger partial charge in [-0.2, -0.15) is 5.01 Å². The standard InChI is InChI=1S/C12H23N3O2/c1-7-8-9-10(16)15(13(4)5)11(17)14(6)12(9,2)3/h9H,7-8H2,1-6H3. The average Bonchev–Trinajstić information content (AvgIpc) is 2.22. The highest BCUT2D eigenvalue weighted by atomic mass is 16.2. The summed E-state index contributed by atoms with van der Waals surface area (Å²) in [7, 11) is 5.18. The topological polar surface area (TPSA) is 43.9 Å². The number of nitrogens with zero attached hydrogens (tertiary/aromatic N) is 3. The fraction of sp³-hybridized carbons (Fsp3) is 0.833. The lowest BCUT2D eigenvalue weighted by Gasteiger charge is -2.49. The molecular formula is C12H23N3O2. The molecule has 98 valence electrons. The molecule has 1 unspecified atom stereocenters. The molecule has 1 heterocycles. The summed E-state index contributed by atoms with van der Waals surface area (Å²) < 4.78 is 0. The lowest BCUT2D eigenvalue weighted by Crippen LogP contribution is -2.67. The summed E-state index contributed by atoms with van der Waals surface area (Å²) in [5.74, 6) is -0.234. The van der Waals surface area contributed by atoms with Gasteiger partial charge >= 0.3 is 6.03 Å². The van der Waals surface area contributed by atoms with Gasteiger partial charge in [0.25, 0.3) is 5.91 Å². The van der Waals surface area contributed by atoms with Crippen molar-refractivity contribution in [2.75, 3.05) is 21.1 Å². The third-order valence-electron chi connectivity index (χ3n) is 3.67. The zero-order valence-electron chi connectivity index (χ0n) is 11.6. The molecule has 1 atom stereocenters. The largest absolute Gasteiger partial charge is 0.341 e. The molecule has 1 aliphatic heterocycles. The molecule has 0 N–H and O–H groups in total. The highest BCUT2D eigenvalue weighted by molar-refractivity contribution is 5.98. The van der Waals surface area contributed by atoms with E-state index in [4.69, 9.17) is 0 Å². The van der Waals surface area contributed by atoms with Gasteiger partial charge in [0.2, 0.25) is 0 Å². The number of imide groups is 1. The van der Waals surface area contributed by atoms with Gasteiger partial charge in [0, 0.05) is 21.1 Å². The molecule has 1 fully saturated rings. The Balaban J connectivity index is 3.13. The first-order chi connectivity index (χ1) is 7.75. The van der Waals surface area contributed by atoms with E-state index in [1.54, 1.807) is 31.1 Å². The highest BCUT2D eigenvalue weighted by Gasteiger charge is 2.50. The van der Waals surface area contributed by atoms with Crippen molar-refractivity contribution in [1.29, 1.82) is 0 Å². The number of carbonyl (C=O) groups is 2. The SMILES string of the molecule is CCCC1C(=O)N(N(C)C)C(=O)N(C)C1(C)C. The lowest BCUT2D eigenvalue weighted by molar-refractivity contribution is -0.155. The molecule has 0 radical (unpaired) electrons. The summed E-state index contributed by atoms with van der Waals surface area (Å²) in [6.07, 6.45) is 1.73. The zero-order valence-corrected chi connectivity index (χ0v) is 11.6. The van der Waals surface area contributed by atoms with E-state index in [1.165, 1.54) is 5.01 Å². The quantitative estimate of drug-likeness (QED) is 0.753. The van der Waals surface area contributed by atoms with Crippen molar-refractivity contribution in [3.63, 3.8) is 0 Å². The van der Waals surface area contributed by atoms with Crippen LogP contribution in [0.2, 0.25) is 0 Å². The van der Waals surface area contributed by atoms with Gasteiger partial charge in [-0.05, 0) is 20.3 Å². The van der Waals surface area contributed by atoms with E-state index < -0.39 is 5.54 Å². The molecular weight excluding hydrogens is 218 g/mol. The first kappa shape index (κ1) is 14.0. The molecule has 0 aromatic carbocycles. The number of rotatable bonds is 3. The average molecular weight is 241 g/mol. The van der Waals surface area contributed by atoms with Gasteiger partial charge in [0.05, 0.1) is 11.5 Å². The van der Waals surface area contributed by atoms with Gasteiger partial charge < -0.3 is 4.90 Å². The molecule has 5 heteroatoms. The van der Waals surface area contributed by atoms with Gasteiger partial charge in [-0.1, -0.05) is 13.3 Å². The van der Waals surface area contributed by atoms with Crippen LogP contribution in [0.25, 0.3) is 0 Å². The van der Waals surface area contributed by atoms with Crippen LogP contribution in [0.1, 0.15) is 33.6 Å². The summed E-state index contributed by atoms with van der Waals surface area (Å²) in [5.41, 5.74) is -0.420. The number of carbonyl (C=O) groups excluding carboxylic acids is 2. The van der Waals surface area contributed by atoms with Crippen LogP contribution in [0.5, 0.6) is 0 Å². The summed E-state index contributed by atoms with van der Waals surface area (Å²) in [6.45, 7) is 5.96. The molecule has 1 saturated heterocycles. The van der Waals surface area contributed by atoms with Crippen LogP contribution in [0.15, 0.2) is 0 Å². The van der Waals surface area contributed by atoms with E-state index in [0.717, 1.165) is 12.8 Å². The Kier molecular flexibility index (Phi) is 3.81. The fourth-order valence-corrected chi connectivity index (χ4v) is 2.30. The number of urea groups is 1. The molecule has 1 aliphatic rings. The molecule has 0 saturated carbocycles. The Labute approximate surface area is 103 Å². The Morgan fingerprint density at radius 3 is 2.24 bits per heavy atom. The maximum Gasteiger partial charge on any atom is 0.341 e. The first-order valence-corrected chi connectivity index (χ1v) is 6.04. The van der Waals surface area contributed by atoms with Crippen molar-refractivity contribution in [1.82, 2.24) is 14.9 Å². The number of hydrazine groups is 1. The molecule has 3 amide bonds. The zero-order chi connectivity index (χ0) is 13.4. The summed E-state index contributed by atoms with van der Waals surface area (Å²) >= 11 is 0. The van der Waals surface area contributed by atoms with Crippen LogP contribution in [0.4, 0.5) is 4.79 Å². The first-order valence-electron chi connectivity index (χ1n) is 6.04. The molecule has 0 aromatic heterocycles. The predicted octanol–water partition coefficient (Wildman–Crippen LogP) is 1.55. The molecule has 1 rings (SSSR count). The van der Waals surface area contributed by atoms with E-state index >= 15 is 0 Å². The summed E-state index contributed by atoms with van der Waals surface area (Å²) in [4.78, 5) is 26.2. The minimum Gasteiger partial charge on any atom is -0.320 e. The van der Waals surface area contributed by atoms with Crippen LogP contribution in [0, 0.1) is 5.92 Å². The van der Waals surface area contributed by atoms with Crippen LogP contribution in [-0.4, -0.2) is 53.5 Å². The molecule has 0 aromatic rings. The van der Waals surface area contributed by atoms with Gasteiger partial charge in [-0.15, -0.1) is 0 Å². The second-order valence-electron chi connectivity index (χ2n) is 5.33. The lowest BCUT2D eigenvalue weighted by atomic mass is 9.80. The second kappa shape index (κ2) is 4.64. The Bertz CT molecular complexity index is 326. The van der Waals surface area contributed by atoms with Crippen LogP contribution in [0.3, 0.4) is 0 Å². The van der Waals surface area contributed by atoms with Crippen molar-refractivity contribution in [3.05, 3.63) is 0 Å². The van der Waals surface area contributed by atoms with E-state index in [1.807, 2.05) is 13.8 Å². The summed E-state index contributed by atoms with van der Waals surface area (Å²) in [6, 6.07) is -0.252. The fourth-order valence-electron chi connectivity index (χ4n) is 2.30. The number of hydrogen-bond acceptors (Lipinski definition) is 3. The Morgan fingerprint density at radius 2 is 1.82 bits per heavy atom. The minimum atomic E-state index is -0.420. The van der Waals surface area contributed by atoms with Gasteiger partial charge in [0.15, 0.2) is 0 Å². The van der Waals surface area contributed by atoms with Gasteiger partial charge in [-0.3, -0.25) is 4.79 Å². The van der Waals surface area contributed by atoms with E-state index in [9.17, 15) is 9.59 Å². The number of amides is 3. The van der Waals surface area contributed by atoms with E-state index in [2.05, 4.69) is 6.92 Å². The predicted molar refractivity (Wildman–Crippen MR) is 66.2 cm³/mol. The second-order valence-corrected chi connectivity index (χ2v) is 5.33. The van der Waals surface area contributed by atoms with E-state index in [-0.39, 0.29) is 17.9 Å². The van der Waals surface area contributed by atoms with Crippen molar-refractivity contribution < 1.29 is 9.59 Å². The molecule has 17 heavy (non-hydrogen) atoms. The van der Waals surface area contributed by atoms with E-state index in [0.29, 0.717) is 0 Å². The van der Waals surface area contributed by atoms with Crippen molar-refractivity contribution in [2.24, 2.45) is 5.92 Å². The monoisotopic (exact) mass is 241 g/mol.